The summed E-state index contributed by atoms with van der Waals surface area (Å²) in [7, 11) is 0. The molecule has 0 unspecified atom stereocenters. The number of aliphatic carboxylic acids is 1. The van der Waals surface area contributed by atoms with E-state index >= 15 is 0 Å². The van der Waals surface area contributed by atoms with Crippen molar-refractivity contribution < 1.29 is 9.90 Å². The van der Waals surface area contributed by atoms with Gasteiger partial charge in [-0.05, 0) is 12.3 Å². The van der Waals surface area contributed by atoms with Crippen molar-refractivity contribution in [2.75, 3.05) is 31.1 Å². The quantitative estimate of drug-likeness (QED) is 0.613. The Kier molecular flexibility index (Phi) is 7.29. The smallest absolute Gasteiger partial charge is 0.317 e. The van der Waals surface area contributed by atoms with E-state index in [0.717, 1.165) is 24.6 Å². The Morgan fingerprint density at radius 1 is 1.50 bits per heavy atom. The van der Waals surface area contributed by atoms with Crippen LogP contribution in [0.5, 0.6) is 0 Å². The van der Waals surface area contributed by atoms with Gasteiger partial charge in [-0.2, -0.15) is 11.8 Å². The molecule has 0 saturated heterocycles. The van der Waals surface area contributed by atoms with Gasteiger partial charge in [0.25, 0.3) is 0 Å². The molecule has 0 aliphatic rings. The van der Waals surface area contributed by atoms with Crippen molar-refractivity contribution in [2.45, 2.75) is 13.8 Å². The summed E-state index contributed by atoms with van der Waals surface area (Å²) in [6.45, 7) is 5.95. The zero-order valence-corrected chi connectivity index (χ0v) is 8.56. The highest BCUT2D eigenvalue weighted by molar-refractivity contribution is 7.99. The molecule has 0 heterocycles. The van der Waals surface area contributed by atoms with E-state index < -0.39 is 5.97 Å². The van der Waals surface area contributed by atoms with Crippen LogP contribution >= 0.6 is 11.8 Å². The van der Waals surface area contributed by atoms with Crippen LogP contribution < -0.4 is 0 Å². The Labute approximate surface area is 78.1 Å². The molecule has 0 aromatic heterocycles. The van der Waals surface area contributed by atoms with E-state index in [1.165, 1.54) is 0 Å². The number of carboxylic acid groups (broad SMARTS) is 1. The van der Waals surface area contributed by atoms with E-state index in [9.17, 15) is 4.79 Å². The number of nitrogens with zero attached hydrogens (tertiary/aromatic N) is 1. The SMILES string of the molecule is CCSCCN(CC)CC(=O)O. The van der Waals surface area contributed by atoms with Gasteiger partial charge in [0.05, 0.1) is 6.54 Å². The Bertz CT molecular complexity index is 130. The third-order valence-electron chi connectivity index (χ3n) is 1.56. The molecule has 0 atom stereocenters. The van der Waals surface area contributed by atoms with Gasteiger partial charge < -0.3 is 5.11 Å². The van der Waals surface area contributed by atoms with Crippen LogP contribution in [0.15, 0.2) is 0 Å². The lowest BCUT2D eigenvalue weighted by Gasteiger charge is -2.16. The van der Waals surface area contributed by atoms with Crippen molar-refractivity contribution in [3.05, 3.63) is 0 Å². The first-order chi connectivity index (χ1) is 5.70. The lowest BCUT2D eigenvalue weighted by atomic mass is 10.5. The number of carboxylic acids is 1. The number of hydrogen-bond acceptors (Lipinski definition) is 3. The van der Waals surface area contributed by atoms with Crippen LogP contribution in [-0.4, -0.2) is 47.1 Å². The van der Waals surface area contributed by atoms with Crippen molar-refractivity contribution in [2.24, 2.45) is 0 Å². The predicted octanol–water partition coefficient (Wildman–Crippen LogP) is 1.15. The molecule has 0 bridgehead atoms. The van der Waals surface area contributed by atoms with Crippen molar-refractivity contribution in [1.82, 2.24) is 4.90 Å². The molecule has 0 amide bonds. The average Bonchev–Trinajstić information content (AvgIpc) is 2.02. The fourth-order valence-electron chi connectivity index (χ4n) is 0.878. The fraction of sp³-hybridized carbons (Fsp3) is 0.875. The van der Waals surface area contributed by atoms with Crippen molar-refractivity contribution in [1.29, 1.82) is 0 Å². The Morgan fingerprint density at radius 2 is 2.17 bits per heavy atom. The van der Waals surface area contributed by atoms with Crippen molar-refractivity contribution >= 4 is 17.7 Å². The monoisotopic (exact) mass is 191 g/mol. The maximum absolute atomic E-state index is 10.4. The molecule has 0 fully saturated rings. The van der Waals surface area contributed by atoms with Crippen LogP contribution in [-0.2, 0) is 4.79 Å². The standard InChI is InChI=1S/C8H17NO2S/c1-3-9(7-8(10)11)5-6-12-4-2/h3-7H2,1-2H3,(H,10,11). The zero-order valence-electron chi connectivity index (χ0n) is 7.75. The Hall–Kier alpha value is -0.220. The molecular weight excluding hydrogens is 174 g/mol. The van der Waals surface area contributed by atoms with Crippen molar-refractivity contribution in [3.8, 4) is 0 Å². The molecule has 72 valence electrons. The van der Waals surface area contributed by atoms with E-state index in [1.807, 2.05) is 23.6 Å². The maximum Gasteiger partial charge on any atom is 0.317 e. The summed E-state index contributed by atoms with van der Waals surface area (Å²) in [5.74, 6) is 1.39. The van der Waals surface area contributed by atoms with Gasteiger partial charge in [-0.25, -0.2) is 0 Å². The molecule has 0 spiro atoms. The molecule has 0 aromatic carbocycles. The second-order valence-electron chi connectivity index (χ2n) is 2.46. The number of likely N-dealkylation sites (N-methyl/N-ethyl adjacent to an activating group) is 1. The number of rotatable bonds is 7. The largest absolute Gasteiger partial charge is 0.480 e. The van der Waals surface area contributed by atoms with Gasteiger partial charge in [0.15, 0.2) is 0 Å². The van der Waals surface area contributed by atoms with Crippen LogP contribution in [0, 0.1) is 0 Å². The molecule has 12 heavy (non-hydrogen) atoms. The second kappa shape index (κ2) is 7.43. The highest BCUT2D eigenvalue weighted by Gasteiger charge is 2.05. The molecule has 0 rings (SSSR count). The molecule has 0 aliphatic heterocycles. The van der Waals surface area contributed by atoms with Gasteiger partial charge in [0.1, 0.15) is 0 Å². The summed E-state index contributed by atoms with van der Waals surface area (Å²) >= 11 is 1.84. The number of thioether (sulfide) groups is 1. The molecule has 0 aliphatic carbocycles. The highest BCUT2D eigenvalue weighted by Crippen LogP contribution is 1.99. The van der Waals surface area contributed by atoms with Gasteiger partial charge in [-0.15, -0.1) is 0 Å². The topological polar surface area (TPSA) is 40.5 Å². The Balaban J connectivity index is 3.46. The minimum atomic E-state index is -0.738. The molecule has 0 aromatic rings. The second-order valence-corrected chi connectivity index (χ2v) is 3.85. The third kappa shape index (κ3) is 6.49. The van der Waals surface area contributed by atoms with Gasteiger partial charge in [-0.1, -0.05) is 13.8 Å². The zero-order chi connectivity index (χ0) is 9.40. The van der Waals surface area contributed by atoms with Crippen LogP contribution in [0.3, 0.4) is 0 Å². The number of hydrogen-bond donors (Lipinski definition) is 1. The molecule has 0 saturated carbocycles. The first-order valence-electron chi connectivity index (χ1n) is 4.22. The lowest BCUT2D eigenvalue weighted by Crippen LogP contribution is -2.31. The summed E-state index contributed by atoms with van der Waals surface area (Å²) in [5, 5.41) is 8.52. The van der Waals surface area contributed by atoms with Crippen LogP contribution in [0.25, 0.3) is 0 Å². The lowest BCUT2D eigenvalue weighted by molar-refractivity contribution is -0.138. The van der Waals surface area contributed by atoms with Gasteiger partial charge in [0, 0.05) is 12.3 Å². The summed E-state index contributed by atoms with van der Waals surface area (Å²) < 4.78 is 0. The van der Waals surface area contributed by atoms with Crippen LogP contribution in [0.2, 0.25) is 0 Å². The molecule has 0 radical (unpaired) electrons. The third-order valence-corrected chi connectivity index (χ3v) is 2.44. The Morgan fingerprint density at radius 3 is 2.58 bits per heavy atom. The molecular formula is C8H17NO2S. The normalized spacial score (nSPS) is 10.6. The molecule has 1 N–H and O–H groups in total. The predicted molar refractivity (Wildman–Crippen MR) is 52.7 cm³/mol. The summed E-state index contributed by atoms with van der Waals surface area (Å²) in [6.07, 6.45) is 0. The minimum Gasteiger partial charge on any atom is -0.480 e. The minimum absolute atomic E-state index is 0.167. The van der Waals surface area contributed by atoms with Crippen molar-refractivity contribution in [3.63, 3.8) is 0 Å². The summed E-state index contributed by atoms with van der Waals surface area (Å²) in [4.78, 5) is 12.3. The first kappa shape index (κ1) is 11.8. The van der Waals surface area contributed by atoms with Gasteiger partial charge >= 0.3 is 5.97 Å². The van der Waals surface area contributed by atoms with E-state index in [1.54, 1.807) is 0 Å². The molecule has 3 nitrogen and oxygen atoms in total. The average molecular weight is 191 g/mol. The first-order valence-corrected chi connectivity index (χ1v) is 5.38. The van der Waals surface area contributed by atoms with Crippen LogP contribution in [0.1, 0.15) is 13.8 Å². The fourth-order valence-corrected chi connectivity index (χ4v) is 1.55. The van der Waals surface area contributed by atoms with E-state index in [2.05, 4.69) is 6.92 Å². The van der Waals surface area contributed by atoms with Crippen LogP contribution in [0.4, 0.5) is 0 Å². The summed E-state index contributed by atoms with van der Waals surface area (Å²) in [5.41, 5.74) is 0. The van der Waals surface area contributed by atoms with E-state index in [0.29, 0.717) is 0 Å². The maximum atomic E-state index is 10.4. The van der Waals surface area contributed by atoms with E-state index in [-0.39, 0.29) is 6.54 Å². The van der Waals surface area contributed by atoms with Gasteiger partial charge in [0.2, 0.25) is 0 Å². The number of carbonyl (C=O) groups is 1. The highest BCUT2D eigenvalue weighted by atomic mass is 32.2. The van der Waals surface area contributed by atoms with Gasteiger partial charge in [-0.3, -0.25) is 9.69 Å². The summed E-state index contributed by atoms with van der Waals surface area (Å²) in [6, 6.07) is 0. The molecule has 4 heteroatoms. The van der Waals surface area contributed by atoms with E-state index in [4.69, 9.17) is 5.11 Å².